The van der Waals surface area contributed by atoms with Crippen molar-refractivity contribution in [2.45, 2.75) is 279 Å². The SMILES string of the molecule is C=C(C)C(=O)OC1C(C(=O)O)CC2CC1(C)OC2=O.C=C(C)C(=O)OC1CCC2CC1(OC=O)OC2=O.C=C(C)C(=O)OCC(=O)OC1CCC2CC1OC2=O.C=C(C)C(=O)OCC(=O)OC1CCC2CC1OC2=O.C=CC(=O)OC1C(C(=O)O)CC2CC1(C)OC2=O.C=CC(=O)OC1CCC2CC1(OC=O)OC2=O.C=CC(=O)OCC(=O)OC1CCC2CC1OC2=O.C=CC(=O)OCC(=O)OC1CCC2CC1OC2=O. The highest BCUT2D eigenvalue weighted by Crippen LogP contribution is 2.51. The number of ether oxygens (including phenoxy) is 22. The molecule has 16 aliphatic rings. The summed E-state index contributed by atoms with van der Waals surface area (Å²) in [6, 6.07) is 0. The summed E-state index contributed by atoms with van der Waals surface area (Å²) >= 11 is 0. The quantitative estimate of drug-likeness (QED) is 0.0429. The van der Waals surface area contributed by atoms with Gasteiger partial charge in [-0.25, -0.2) is 57.5 Å². The molecule has 8 aliphatic carbocycles. The summed E-state index contributed by atoms with van der Waals surface area (Å²) < 4.78 is 110. The molecule has 48 heteroatoms. The molecule has 48 nitrogen and oxygen atoms in total. The third-order valence-electron chi connectivity index (χ3n) is 26.4. The molecule has 0 aromatic heterocycles. The molecule has 16 rings (SSSR count). The molecule has 0 radical (unpaired) electrons. The van der Waals surface area contributed by atoms with Crippen LogP contribution in [0.15, 0.2) is 99.2 Å². The fourth-order valence-electron chi connectivity index (χ4n) is 19.1. The van der Waals surface area contributed by atoms with Crippen molar-refractivity contribution < 1.29 is 229 Å². The van der Waals surface area contributed by atoms with E-state index in [2.05, 4.69) is 71.6 Å². The lowest BCUT2D eigenvalue weighted by Crippen LogP contribution is -2.51. The van der Waals surface area contributed by atoms with Gasteiger partial charge >= 0.3 is 131 Å². The van der Waals surface area contributed by atoms with Crippen molar-refractivity contribution in [3.63, 3.8) is 0 Å². The van der Waals surface area contributed by atoms with Crippen LogP contribution in [0.5, 0.6) is 0 Å². The molecule has 26 atom stereocenters. The van der Waals surface area contributed by atoms with Gasteiger partial charge in [-0.2, -0.15) is 0 Å². The summed E-state index contributed by atoms with van der Waals surface area (Å²) in [5.41, 5.74) is -1.26. The van der Waals surface area contributed by atoms with Gasteiger partial charge in [0.15, 0.2) is 50.8 Å². The van der Waals surface area contributed by atoms with Gasteiger partial charge in [0.1, 0.15) is 60.0 Å². The fraction of sp³-hybridized carbons (Fsp3) is 0.592. The Labute approximate surface area is 834 Å². The molecule has 8 heterocycles. The lowest BCUT2D eigenvalue weighted by atomic mass is 9.73. The number of hydrogen-bond donors (Lipinski definition) is 2. The lowest BCUT2D eigenvalue weighted by Gasteiger charge is -2.38. The van der Waals surface area contributed by atoms with Crippen LogP contribution in [0, 0.1) is 59.2 Å². The maximum atomic E-state index is 11.6. The van der Waals surface area contributed by atoms with Gasteiger partial charge < -0.3 is 114 Å². The first-order valence-corrected chi connectivity index (χ1v) is 46.7. The summed E-state index contributed by atoms with van der Waals surface area (Å²) in [5.74, 6) is -18.8. The standard InChI is InChI=1S/3C13H16O6.4C12H14O6.C11H12O6/c1-6(2)11(16)18-9-8(10(14)15)4-7-5-13(9,3)19-12(7)17;2*1-7(2)12(15)17-6-11(14)18-9-4-3-8-5-10(9)19-13(8)16;1-7(2)10(14)17-9-4-3-8-5-12(9,16-6-13)18-11(8)15;1-3-8(13)17-9-7(10(14)15)4-6-5-12(9,2)18-11(6)16;2*1-2-10(13)16-6-11(14)17-8-4-3-7-5-9(8)18-12(7)15;1-2-9(13)16-8-4-3-7-5-11(8,15-6-12)17-10(7)14/h7-9H,1,4-5H2,2-3H3,(H,14,15);2*8-10H,1,3-6H2,2H3;6,8-9H,1,3-5H2,2H3;3,6-7,9H,1,4-5H2,2H3,(H,14,15);2*2,7-9H,1,3-6H2;2,6-8H,1,3-5H2. The molecule has 8 saturated carbocycles. The highest BCUT2D eigenvalue weighted by Gasteiger charge is 2.64. The first-order valence-electron chi connectivity index (χ1n) is 46.7. The molecule has 2 N–H and O–H groups in total. The second-order valence-electron chi connectivity index (χ2n) is 37.3. The van der Waals surface area contributed by atoms with E-state index in [0.29, 0.717) is 116 Å². The molecule has 16 fully saturated rings. The number of carboxylic acids is 2. The monoisotopic (exact) mass is 2060 g/mol. The van der Waals surface area contributed by atoms with Gasteiger partial charge in [0.25, 0.3) is 24.5 Å². The number of carboxylic acid groups (broad SMARTS) is 2. The highest BCUT2D eigenvalue weighted by molar-refractivity contribution is 5.92. The Morgan fingerprint density at radius 2 is 0.589 bits per heavy atom. The molecule has 0 spiro atoms. The topological polar surface area (TPSA) is 653 Å². The maximum absolute atomic E-state index is 11.6. The molecular weight excluding hydrogens is 1950 g/mol. The normalized spacial score (nSPS) is 32.2. The number of esters is 20. The van der Waals surface area contributed by atoms with Crippen molar-refractivity contribution in [3.05, 3.63) is 99.2 Å². The van der Waals surface area contributed by atoms with Gasteiger partial charge in [0.2, 0.25) is 0 Å². The summed E-state index contributed by atoms with van der Waals surface area (Å²) in [6.45, 7) is 34.5. The van der Waals surface area contributed by atoms with Crippen LogP contribution in [-0.2, 0) is 219 Å². The summed E-state index contributed by atoms with van der Waals surface area (Å²) in [4.78, 5) is 270. The Hall–Kier alpha value is -14.8. The van der Waals surface area contributed by atoms with E-state index in [0.717, 1.165) is 24.3 Å². The Kier molecular flexibility index (Phi) is 39.8. The molecule has 796 valence electrons. The summed E-state index contributed by atoms with van der Waals surface area (Å²) in [5, 5.41) is 18.4. The number of aliphatic carboxylic acids is 2. The van der Waals surface area contributed by atoms with Crippen molar-refractivity contribution >= 4 is 144 Å². The van der Waals surface area contributed by atoms with Crippen molar-refractivity contribution in [3.8, 4) is 0 Å². The van der Waals surface area contributed by atoms with Crippen LogP contribution in [0.3, 0.4) is 0 Å². The average molecular weight is 2060 g/mol. The van der Waals surface area contributed by atoms with E-state index in [4.69, 9.17) is 85.3 Å². The second-order valence-corrected chi connectivity index (χ2v) is 37.3. The van der Waals surface area contributed by atoms with Gasteiger partial charge in [-0.1, -0.05) is 52.6 Å². The zero-order valence-electron chi connectivity index (χ0n) is 80.9. The number of rotatable bonds is 30. The van der Waals surface area contributed by atoms with E-state index >= 15 is 0 Å². The predicted octanol–water partition coefficient (Wildman–Crippen LogP) is 4.61. The Morgan fingerprint density at radius 1 is 0.315 bits per heavy atom. The first kappa shape index (κ1) is 115. The van der Waals surface area contributed by atoms with Crippen LogP contribution < -0.4 is 0 Å². The zero-order valence-corrected chi connectivity index (χ0v) is 80.9. The van der Waals surface area contributed by atoms with Crippen LogP contribution in [0.1, 0.15) is 183 Å². The van der Waals surface area contributed by atoms with E-state index in [-0.39, 0.29) is 145 Å². The van der Waals surface area contributed by atoms with E-state index in [9.17, 15) is 125 Å². The minimum Gasteiger partial charge on any atom is -0.481 e. The minimum atomic E-state index is -1.45. The zero-order chi connectivity index (χ0) is 108. The first-order chi connectivity index (χ1) is 68.8. The van der Waals surface area contributed by atoms with E-state index in [1.807, 2.05) is 0 Å². The van der Waals surface area contributed by atoms with Crippen molar-refractivity contribution in [2.24, 2.45) is 59.2 Å². The second kappa shape index (κ2) is 50.6. The summed E-state index contributed by atoms with van der Waals surface area (Å²) in [7, 11) is 0. The predicted molar refractivity (Wildman–Crippen MR) is 475 cm³/mol. The van der Waals surface area contributed by atoms with Crippen molar-refractivity contribution in [1.29, 1.82) is 0 Å². The highest BCUT2D eigenvalue weighted by atomic mass is 16.8. The minimum absolute atomic E-state index is 0.0523. The van der Waals surface area contributed by atoms with E-state index in [1.54, 1.807) is 13.8 Å². The van der Waals surface area contributed by atoms with Crippen LogP contribution in [0.2, 0.25) is 0 Å². The molecular formula is C98H116O48. The van der Waals surface area contributed by atoms with Gasteiger partial charge in [0, 0.05) is 98.0 Å². The average Bonchev–Trinajstić information content (AvgIpc) is 1.61. The van der Waals surface area contributed by atoms with Crippen LogP contribution in [-0.4, -0.2) is 277 Å². The van der Waals surface area contributed by atoms with Gasteiger partial charge in [0.05, 0.1) is 59.2 Å². The number of carbonyl (C=O) groups excluding carboxylic acids is 22. The van der Waals surface area contributed by atoms with E-state index < -0.39 is 229 Å². The van der Waals surface area contributed by atoms with E-state index in [1.165, 1.54) is 27.7 Å². The largest absolute Gasteiger partial charge is 0.481 e. The third-order valence-corrected chi connectivity index (χ3v) is 26.4. The van der Waals surface area contributed by atoms with Gasteiger partial charge in [-0.3, -0.25) is 57.5 Å². The number of carbonyl (C=O) groups is 24. The Bertz CT molecular complexity index is 5030. The molecule has 0 amide bonds. The van der Waals surface area contributed by atoms with Crippen molar-refractivity contribution in [2.75, 3.05) is 26.4 Å². The lowest BCUT2D eigenvalue weighted by molar-refractivity contribution is -0.247. The fourth-order valence-corrected chi connectivity index (χ4v) is 19.1. The molecule has 8 saturated heterocycles. The smallest absolute Gasteiger partial charge is 0.344 e. The van der Waals surface area contributed by atoms with Gasteiger partial charge in [-0.05, 0) is 131 Å². The molecule has 8 aliphatic heterocycles. The maximum Gasteiger partial charge on any atom is 0.344 e. The summed E-state index contributed by atoms with van der Waals surface area (Å²) in [6.07, 6.45) is 8.21. The molecule has 146 heavy (non-hydrogen) atoms. The van der Waals surface area contributed by atoms with Crippen LogP contribution in [0.4, 0.5) is 0 Å². The number of hydrogen-bond acceptors (Lipinski definition) is 46. The van der Waals surface area contributed by atoms with Gasteiger partial charge in [-0.15, -0.1) is 0 Å². The molecule has 26 unspecified atom stereocenters. The van der Waals surface area contributed by atoms with Crippen LogP contribution in [0.25, 0.3) is 0 Å². The third kappa shape index (κ3) is 29.7. The van der Waals surface area contributed by atoms with Crippen molar-refractivity contribution in [1.82, 2.24) is 0 Å². The molecule has 16 bridgehead atoms. The number of fused-ring (bicyclic) bond motifs is 16. The Balaban J connectivity index is 0.000000186. The Morgan fingerprint density at radius 3 is 0.884 bits per heavy atom. The molecule has 0 aromatic carbocycles. The molecule has 0 aromatic rings. The van der Waals surface area contributed by atoms with Crippen LogP contribution >= 0.6 is 0 Å².